The highest BCUT2D eigenvalue weighted by atomic mass is 14.9. The van der Waals surface area contributed by atoms with Gasteiger partial charge in [0.2, 0.25) is 0 Å². The molecule has 1 aliphatic rings. The topological polar surface area (TPSA) is 24.9 Å². The van der Waals surface area contributed by atoms with E-state index < -0.39 is 0 Å². The van der Waals surface area contributed by atoms with Gasteiger partial charge in [-0.15, -0.1) is 0 Å². The van der Waals surface area contributed by atoms with Crippen molar-refractivity contribution in [1.29, 1.82) is 0 Å². The summed E-state index contributed by atoms with van der Waals surface area (Å²) >= 11 is 0. The highest BCUT2D eigenvalue weighted by molar-refractivity contribution is 5.82. The first-order valence-corrected chi connectivity index (χ1v) is 7.44. The third kappa shape index (κ3) is 2.50. The number of pyridine rings is 1. The molecule has 0 radical (unpaired) electrons. The van der Waals surface area contributed by atoms with Gasteiger partial charge in [-0.05, 0) is 61.9 Å². The van der Waals surface area contributed by atoms with Crippen molar-refractivity contribution in [2.45, 2.75) is 32.1 Å². The minimum Gasteiger partial charge on any atom is -0.316 e. The van der Waals surface area contributed by atoms with Gasteiger partial charge in [-0.2, -0.15) is 0 Å². The molecule has 2 heteroatoms. The lowest BCUT2D eigenvalue weighted by Gasteiger charge is -2.38. The van der Waals surface area contributed by atoms with E-state index >= 15 is 0 Å². The SMILES string of the molecule is CCCNCC1CCC1c1cccc2ncccc12. The number of hydrogen-bond acceptors (Lipinski definition) is 2. The van der Waals surface area contributed by atoms with Crippen LogP contribution >= 0.6 is 0 Å². The third-order valence-electron chi connectivity index (χ3n) is 4.33. The van der Waals surface area contributed by atoms with E-state index in [0.29, 0.717) is 0 Å². The zero-order valence-corrected chi connectivity index (χ0v) is 11.6. The molecule has 100 valence electrons. The summed E-state index contributed by atoms with van der Waals surface area (Å²) in [5.41, 5.74) is 2.63. The number of fused-ring (bicyclic) bond motifs is 1. The highest BCUT2D eigenvalue weighted by Gasteiger charge is 2.32. The smallest absolute Gasteiger partial charge is 0.0704 e. The third-order valence-corrected chi connectivity index (χ3v) is 4.33. The van der Waals surface area contributed by atoms with E-state index in [0.717, 1.165) is 30.4 Å². The average Bonchev–Trinajstić information content (AvgIpc) is 2.43. The molecule has 1 aliphatic carbocycles. The highest BCUT2D eigenvalue weighted by Crippen LogP contribution is 2.44. The van der Waals surface area contributed by atoms with Crippen molar-refractivity contribution >= 4 is 10.9 Å². The van der Waals surface area contributed by atoms with Crippen LogP contribution in [0.3, 0.4) is 0 Å². The molecule has 0 aliphatic heterocycles. The normalized spacial score (nSPS) is 22.4. The second-order valence-corrected chi connectivity index (χ2v) is 5.57. The van der Waals surface area contributed by atoms with Crippen molar-refractivity contribution < 1.29 is 0 Å². The lowest BCUT2D eigenvalue weighted by atomic mass is 9.69. The van der Waals surface area contributed by atoms with Gasteiger partial charge >= 0.3 is 0 Å². The predicted octanol–water partition coefficient (Wildman–Crippen LogP) is 3.73. The van der Waals surface area contributed by atoms with E-state index in [9.17, 15) is 0 Å². The van der Waals surface area contributed by atoms with Gasteiger partial charge in [-0.25, -0.2) is 0 Å². The molecule has 2 aromatic rings. The summed E-state index contributed by atoms with van der Waals surface area (Å²) in [4.78, 5) is 4.47. The maximum atomic E-state index is 4.47. The molecule has 2 atom stereocenters. The monoisotopic (exact) mass is 254 g/mol. The van der Waals surface area contributed by atoms with Gasteiger partial charge in [0.1, 0.15) is 0 Å². The number of aromatic nitrogens is 1. The van der Waals surface area contributed by atoms with E-state index in [-0.39, 0.29) is 0 Å². The summed E-state index contributed by atoms with van der Waals surface area (Å²) in [7, 11) is 0. The Morgan fingerprint density at radius 1 is 1.21 bits per heavy atom. The second kappa shape index (κ2) is 5.70. The molecule has 0 amide bonds. The number of hydrogen-bond donors (Lipinski definition) is 1. The van der Waals surface area contributed by atoms with Crippen LogP contribution < -0.4 is 5.32 Å². The van der Waals surface area contributed by atoms with Crippen molar-refractivity contribution in [2.24, 2.45) is 5.92 Å². The van der Waals surface area contributed by atoms with Crippen LogP contribution in [0.15, 0.2) is 36.5 Å². The average molecular weight is 254 g/mol. The van der Waals surface area contributed by atoms with Crippen LogP contribution in [-0.4, -0.2) is 18.1 Å². The van der Waals surface area contributed by atoms with Gasteiger partial charge < -0.3 is 5.32 Å². The Labute approximate surface area is 115 Å². The van der Waals surface area contributed by atoms with Crippen LogP contribution in [0.2, 0.25) is 0 Å². The molecule has 1 saturated carbocycles. The summed E-state index contributed by atoms with van der Waals surface area (Å²) in [5.74, 6) is 1.52. The Morgan fingerprint density at radius 3 is 2.95 bits per heavy atom. The molecule has 3 rings (SSSR count). The summed E-state index contributed by atoms with van der Waals surface area (Å²) in [6, 6.07) is 10.8. The van der Waals surface area contributed by atoms with Gasteiger partial charge in [0.25, 0.3) is 0 Å². The quantitative estimate of drug-likeness (QED) is 0.822. The van der Waals surface area contributed by atoms with Crippen molar-refractivity contribution in [1.82, 2.24) is 10.3 Å². The van der Waals surface area contributed by atoms with Crippen LogP contribution in [-0.2, 0) is 0 Å². The molecule has 1 aromatic carbocycles. The minimum absolute atomic E-state index is 0.720. The predicted molar refractivity (Wildman–Crippen MR) is 80.4 cm³/mol. The van der Waals surface area contributed by atoms with Gasteiger partial charge in [0.05, 0.1) is 5.52 Å². The van der Waals surface area contributed by atoms with Crippen molar-refractivity contribution in [3.05, 3.63) is 42.1 Å². The van der Waals surface area contributed by atoms with Gasteiger partial charge in [0, 0.05) is 11.6 Å². The first-order chi connectivity index (χ1) is 9.40. The van der Waals surface area contributed by atoms with Crippen molar-refractivity contribution in [2.75, 3.05) is 13.1 Å². The Balaban J connectivity index is 1.80. The first kappa shape index (κ1) is 12.6. The van der Waals surface area contributed by atoms with Crippen LogP contribution in [0.5, 0.6) is 0 Å². The zero-order valence-electron chi connectivity index (χ0n) is 11.6. The van der Waals surface area contributed by atoms with Gasteiger partial charge in [-0.3, -0.25) is 4.98 Å². The molecule has 2 nitrogen and oxygen atoms in total. The van der Waals surface area contributed by atoms with Gasteiger partial charge in [-0.1, -0.05) is 25.1 Å². The molecule has 0 bridgehead atoms. The lowest BCUT2D eigenvalue weighted by Crippen LogP contribution is -2.34. The number of nitrogens with one attached hydrogen (secondary N) is 1. The molecule has 0 saturated heterocycles. The fraction of sp³-hybridized carbons (Fsp3) is 0.471. The Kier molecular flexibility index (Phi) is 3.79. The molecule has 1 fully saturated rings. The van der Waals surface area contributed by atoms with Gasteiger partial charge in [0.15, 0.2) is 0 Å². The lowest BCUT2D eigenvalue weighted by molar-refractivity contribution is 0.247. The molecule has 1 heterocycles. The summed E-state index contributed by atoms with van der Waals surface area (Å²) in [6.45, 7) is 4.52. The van der Waals surface area contributed by atoms with Crippen LogP contribution in [0.1, 0.15) is 37.7 Å². The Hall–Kier alpha value is -1.41. The summed E-state index contributed by atoms with van der Waals surface area (Å²) in [5, 5.41) is 4.91. The summed E-state index contributed by atoms with van der Waals surface area (Å²) < 4.78 is 0. The molecule has 1 aromatic heterocycles. The van der Waals surface area contributed by atoms with Crippen LogP contribution in [0.25, 0.3) is 10.9 Å². The van der Waals surface area contributed by atoms with E-state index in [1.165, 1.54) is 30.2 Å². The van der Waals surface area contributed by atoms with E-state index in [1.54, 1.807) is 0 Å². The van der Waals surface area contributed by atoms with Crippen molar-refractivity contribution in [3.63, 3.8) is 0 Å². The number of nitrogens with zero attached hydrogens (tertiary/aromatic N) is 1. The fourth-order valence-electron chi connectivity index (χ4n) is 3.14. The molecular formula is C17H22N2. The maximum Gasteiger partial charge on any atom is 0.0704 e. The Bertz CT molecular complexity index is 544. The number of rotatable bonds is 5. The van der Waals surface area contributed by atoms with E-state index in [4.69, 9.17) is 0 Å². The molecular weight excluding hydrogens is 232 g/mol. The minimum atomic E-state index is 0.720. The summed E-state index contributed by atoms with van der Waals surface area (Å²) in [6.07, 6.45) is 5.78. The zero-order chi connectivity index (χ0) is 13.1. The van der Waals surface area contributed by atoms with Crippen molar-refractivity contribution in [3.8, 4) is 0 Å². The second-order valence-electron chi connectivity index (χ2n) is 5.57. The molecule has 19 heavy (non-hydrogen) atoms. The molecule has 1 N–H and O–H groups in total. The largest absolute Gasteiger partial charge is 0.316 e. The van der Waals surface area contributed by atoms with E-state index in [2.05, 4.69) is 47.6 Å². The Morgan fingerprint density at radius 2 is 2.16 bits per heavy atom. The standard InChI is InChI=1S/C17H22N2/c1-2-10-18-12-13-8-9-14(13)15-5-3-7-17-16(15)6-4-11-19-17/h3-7,11,13-14,18H,2,8-10,12H2,1H3. The number of benzene rings is 1. The molecule has 2 unspecified atom stereocenters. The molecule has 0 spiro atoms. The maximum absolute atomic E-state index is 4.47. The first-order valence-electron chi connectivity index (χ1n) is 7.44. The van der Waals surface area contributed by atoms with Crippen LogP contribution in [0.4, 0.5) is 0 Å². The fourth-order valence-corrected chi connectivity index (χ4v) is 3.14. The van der Waals surface area contributed by atoms with Crippen LogP contribution in [0, 0.1) is 5.92 Å². The van der Waals surface area contributed by atoms with E-state index in [1.807, 2.05) is 6.20 Å².